The molecular formula is C11H20N2O. The van der Waals surface area contributed by atoms with Crippen LogP contribution in [0.5, 0.6) is 0 Å². The molecule has 1 rings (SSSR count). The van der Waals surface area contributed by atoms with E-state index in [2.05, 4.69) is 4.99 Å². The van der Waals surface area contributed by atoms with Crippen LogP contribution in [0.3, 0.4) is 0 Å². The molecule has 1 aliphatic carbocycles. The van der Waals surface area contributed by atoms with Crippen LogP contribution >= 0.6 is 0 Å². The minimum atomic E-state index is 0.159. The number of amides is 1. The first-order chi connectivity index (χ1) is 6.66. The Morgan fingerprint density at radius 1 is 1.43 bits per heavy atom. The van der Waals surface area contributed by atoms with E-state index in [1.165, 1.54) is 19.3 Å². The van der Waals surface area contributed by atoms with Gasteiger partial charge in [-0.25, -0.2) is 0 Å². The lowest BCUT2D eigenvalue weighted by Gasteiger charge is -2.35. The summed E-state index contributed by atoms with van der Waals surface area (Å²) in [6.45, 7) is 1.63. The van der Waals surface area contributed by atoms with Crippen LogP contribution in [0.4, 0.5) is 0 Å². The van der Waals surface area contributed by atoms with Crippen LogP contribution in [-0.2, 0) is 4.79 Å². The van der Waals surface area contributed by atoms with Gasteiger partial charge >= 0.3 is 0 Å². The molecule has 0 N–H and O–H groups in total. The number of carbonyl (C=O) groups excluding carboxylic acids is 1. The first-order valence-electron chi connectivity index (χ1n) is 5.32. The van der Waals surface area contributed by atoms with Gasteiger partial charge in [0.1, 0.15) is 0 Å². The minimum Gasteiger partial charge on any atom is -0.342 e. The van der Waals surface area contributed by atoms with E-state index >= 15 is 0 Å². The summed E-state index contributed by atoms with van der Waals surface area (Å²) >= 11 is 0. The maximum absolute atomic E-state index is 11.3. The molecule has 80 valence electrons. The van der Waals surface area contributed by atoms with Crippen molar-refractivity contribution in [3.8, 4) is 0 Å². The van der Waals surface area contributed by atoms with E-state index in [0.29, 0.717) is 12.0 Å². The SMILES string of the molecule is CN=CC1CCCC[C@@H]1N(C)C(C)=O. The Morgan fingerprint density at radius 2 is 2.07 bits per heavy atom. The summed E-state index contributed by atoms with van der Waals surface area (Å²) in [5, 5.41) is 0. The van der Waals surface area contributed by atoms with Crippen molar-refractivity contribution in [1.82, 2.24) is 4.90 Å². The van der Waals surface area contributed by atoms with E-state index in [1.54, 1.807) is 14.0 Å². The lowest BCUT2D eigenvalue weighted by atomic mass is 9.84. The maximum Gasteiger partial charge on any atom is 0.219 e. The molecule has 1 saturated carbocycles. The summed E-state index contributed by atoms with van der Waals surface area (Å²) < 4.78 is 0. The van der Waals surface area contributed by atoms with E-state index in [1.807, 2.05) is 18.2 Å². The summed E-state index contributed by atoms with van der Waals surface area (Å²) in [4.78, 5) is 17.2. The lowest BCUT2D eigenvalue weighted by Crippen LogP contribution is -2.43. The Kier molecular flexibility index (Phi) is 4.11. The van der Waals surface area contributed by atoms with Gasteiger partial charge in [0.05, 0.1) is 0 Å². The van der Waals surface area contributed by atoms with Gasteiger partial charge < -0.3 is 9.89 Å². The highest BCUT2D eigenvalue weighted by atomic mass is 16.2. The molecule has 1 unspecified atom stereocenters. The van der Waals surface area contributed by atoms with Gasteiger partial charge in [-0.1, -0.05) is 12.8 Å². The van der Waals surface area contributed by atoms with Gasteiger partial charge in [-0.15, -0.1) is 0 Å². The molecule has 0 bridgehead atoms. The average molecular weight is 196 g/mol. The molecule has 0 saturated heterocycles. The molecule has 0 aromatic rings. The second-order valence-corrected chi connectivity index (χ2v) is 4.05. The predicted molar refractivity (Wildman–Crippen MR) is 58.6 cm³/mol. The second kappa shape index (κ2) is 5.13. The Morgan fingerprint density at radius 3 is 2.64 bits per heavy atom. The van der Waals surface area contributed by atoms with E-state index in [-0.39, 0.29) is 5.91 Å². The Labute approximate surface area is 86.2 Å². The van der Waals surface area contributed by atoms with E-state index in [4.69, 9.17) is 0 Å². The smallest absolute Gasteiger partial charge is 0.219 e. The second-order valence-electron chi connectivity index (χ2n) is 4.05. The van der Waals surface area contributed by atoms with E-state index < -0.39 is 0 Å². The summed E-state index contributed by atoms with van der Waals surface area (Å²) in [5.74, 6) is 0.619. The third-order valence-corrected chi connectivity index (χ3v) is 3.12. The highest BCUT2D eigenvalue weighted by molar-refractivity contribution is 5.74. The van der Waals surface area contributed by atoms with Crippen molar-refractivity contribution in [1.29, 1.82) is 0 Å². The molecule has 2 atom stereocenters. The molecule has 1 aliphatic rings. The summed E-state index contributed by atoms with van der Waals surface area (Å²) in [6.07, 6.45) is 6.78. The first-order valence-corrected chi connectivity index (χ1v) is 5.32. The highest BCUT2D eigenvalue weighted by Gasteiger charge is 2.28. The van der Waals surface area contributed by atoms with Crippen molar-refractivity contribution < 1.29 is 4.79 Å². The molecule has 1 fully saturated rings. The van der Waals surface area contributed by atoms with Crippen LogP contribution in [-0.4, -0.2) is 37.2 Å². The fourth-order valence-electron chi connectivity index (χ4n) is 2.22. The van der Waals surface area contributed by atoms with Gasteiger partial charge in [0, 0.05) is 39.2 Å². The Hall–Kier alpha value is -0.860. The van der Waals surface area contributed by atoms with Crippen molar-refractivity contribution in [2.45, 2.75) is 38.6 Å². The van der Waals surface area contributed by atoms with Gasteiger partial charge in [-0.3, -0.25) is 4.79 Å². The maximum atomic E-state index is 11.3. The Bertz CT molecular complexity index is 225. The first kappa shape index (κ1) is 11.2. The fraction of sp³-hybridized carbons (Fsp3) is 0.818. The quantitative estimate of drug-likeness (QED) is 0.619. The highest BCUT2D eigenvalue weighted by Crippen LogP contribution is 2.26. The zero-order chi connectivity index (χ0) is 10.6. The van der Waals surface area contributed by atoms with Crippen LogP contribution < -0.4 is 0 Å². The van der Waals surface area contributed by atoms with Crippen LogP contribution in [0.2, 0.25) is 0 Å². The molecule has 0 heterocycles. The number of nitrogens with zero attached hydrogens (tertiary/aromatic N) is 2. The number of hydrogen-bond donors (Lipinski definition) is 0. The third kappa shape index (κ3) is 2.56. The molecule has 0 spiro atoms. The fourth-order valence-corrected chi connectivity index (χ4v) is 2.22. The lowest BCUT2D eigenvalue weighted by molar-refractivity contribution is -0.130. The molecule has 0 aromatic carbocycles. The summed E-state index contributed by atoms with van der Waals surface area (Å²) in [6, 6.07) is 0.366. The molecule has 14 heavy (non-hydrogen) atoms. The van der Waals surface area contributed by atoms with Crippen molar-refractivity contribution in [2.75, 3.05) is 14.1 Å². The van der Waals surface area contributed by atoms with Crippen LogP contribution in [0.15, 0.2) is 4.99 Å². The van der Waals surface area contributed by atoms with Crippen molar-refractivity contribution in [3.05, 3.63) is 0 Å². The molecule has 0 radical (unpaired) electrons. The molecule has 0 aromatic heterocycles. The van der Waals surface area contributed by atoms with Crippen molar-refractivity contribution in [2.24, 2.45) is 10.9 Å². The predicted octanol–water partition coefficient (Wildman–Crippen LogP) is 1.72. The van der Waals surface area contributed by atoms with E-state index in [0.717, 1.165) is 6.42 Å². The van der Waals surface area contributed by atoms with Crippen LogP contribution in [0, 0.1) is 5.92 Å². The number of carbonyl (C=O) groups is 1. The van der Waals surface area contributed by atoms with Gasteiger partial charge in [-0.05, 0) is 12.8 Å². The topological polar surface area (TPSA) is 32.7 Å². The molecule has 0 aliphatic heterocycles. The minimum absolute atomic E-state index is 0.159. The Balaban J connectivity index is 2.66. The average Bonchev–Trinajstić information content (AvgIpc) is 2.18. The number of aliphatic imine (C=N–C) groups is 1. The summed E-state index contributed by atoms with van der Waals surface area (Å²) in [5.41, 5.74) is 0. The van der Waals surface area contributed by atoms with E-state index in [9.17, 15) is 4.79 Å². The molecular weight excluding hydrogens is 176 g/mol. The standard InChI is InChI=1S/C11H20N2O/c1-9(14)13(3)11-7-5-4-6-10(11)8-12-2/h8,10-11H,4-7H2,1-3H3/t10?,11-/m0/s1. The van der Waals surface area contributed by atoms with Gasteiger partial charge in [0.2, 0.25) is 5.91 Å². The number of rotatable bonds is 2. The van der Waals surface area contributed by atoms with Crippen molar-refractivity contribution >= 4 is 12.1 Å². The van der Waals surface area contributed by atoms with Crippen LogP contribution in [0.25, 0.3) is 0 Å². The monoisotopic (exact) mass is 196 g/mol. The molecule has 1 amide bonds. The third-order valence-electron chi connectivity index (χ3n) is 3.12. The zero-order valence-corrected chi connectivity index (χ0v) is 9.36. The largest absolute Gasteiger partial charge is 0.342 e. The normalized spacial score (nSPS) is 27.9. The van der Waals surface area contributed by atoms with Gasteiger partial charge in [-0.2, -0.15) is 0 Å². The van der Waals surface area contributed by atoms with Gasteiger partial charge in [0.15, 0.2) is 0 Å². The number of hydrogen-bond acceptors (Lipinski definition) is 2. The molecule has 3 nitrogen and oxygen atoms in total. The molecule has 3 heteroatoms. The van der Waals surface area contributed by atoms with Crippen molar-refractivity contribution in [3.63, 3.8) is 0 Å². The van der Waals surface area contributed by atoms with Crippen LogP contribution in [0.1, 0.15) is 32.6 Å². The zero-order valence-electron chi connectivity index (χ0n) is 9.36. The van der Waals surface area contributed by atoms with Gasteiger partial charge in [0.25, 0.3) is 0 Å². The summed E-state index contributed by atoms with van der Waals surface area (Å²) in [7, 11) is 3.70.